The first-order chi connectivity index (χ1) is 8.67. The topological polar surface area (TPSA) is 34.1 Å². The Morgan fingerprint density at radius 2 is 1.89 bits per heavy atom. The molecular formula is C14H20Br2O2S. The van der Waals surface area contributed by atoms with Crippen molar-refractivity contribution in [3.05, 3.63) is 34.3 Å². The van der Waals surface area contributed by atoms with E-state index in [9.17, 15) is 8.42 Å². The summed E-state index contributed by atoms with van der Waals surface area (Å²) < 4.78 is 24.6. The highest BCUT2D eigenvalue weighted by Crippen LogP contribution is 2.27. The van der Waals surface area contributed by atoms with Gasteiger partial charge < -0.3 is 0 Å². The van der Waals surface area contributed by atoms with Gasteiger partial charge >= 0.3 is 0 Å². The van der Waals surface area contributed by atoms with E-state index in [0.717, 1.165) is 15.4 Å². The predicted octanol–water partition coefficient (Wildman–Crippen LogP) is 4.53. The summed E-state index contributed by atoms with van der Waals surface area (Å²) in [5.41, 5.74) is 1.16. The van der Waals surface area contributed by atoms with E-state index < -0.39 is 14.6 Å². The molecule has 0 aliphatic carbocycles. The zero-order chi connectivity index (χ0) is 14.7. The molecule has 0 bridgehead atoms. The van der Waals surface area contributed by atoms with Crippen molar-refractivity contribution in [3.63, 3.8) is 0 Å². The summed E-state index contributed by atoms with van der Waals surface area (Å²) in [6.45, 7) is 5.26. The summed E-state index contributed by atoms with van der Waals surface area (Å²) >= 11 is 6.93. The van der Waals surface area contributed by atoms with Gasteiger partial charge in [-0.25, -0.2) is 8.42 Å². The number of sulfone groups is 1. The van der Waals surface area contributed by atoms with Crippen LogP contribution >= 0.6 is 31.9 Å². The molecule has 2 nitrogen and oxygen atoms in total. The zero-order valence-electron chi connectivity index (χ0n) is 11.5. The monoisotopic (exact) mass is 410 g/mol. The van der Waals surface area contributed by atoms with Gasteiger partial charge in [0.1, 0.15) is 0 Å². The molecule has 0 amide bonds. The van der Waals surface area contributed by atoms with E-state index in [2.05, 4.69) is 37.9 Å². The van der Waals surface area contributed by atoms with Crippen molar-refractivity contribution in [3.8, 4) is 0 Å². The van der Waals surface area contributed by atoms with E-state index in [-0.39, 0.29) is 11.7 Å². The SMILES string of the molecule is CC(C)(C)S(=O)(=O)CCC(CBr)c1cccc(Br)c1. The van der Waals surface area contributed by atoms with Crippen LogP contribution in [0.5, 0.6) is 0 Å². The molecule has 1 unspecified atom stereocenters. The van der Waals surface area contributed by atoms with Crippen molar-refractivity contribution < 1.29 is 8.42 Å². The molecular weight excluding hydrogens is 392 g/mol. The summed E-state index contributed by atoms with van der Waals surface area (Å²) in [6.07, 6.45) is 0.640. The summed E-state index contributed by atoms with van der Waals surface area (Å²) in [7, 11) is -3.05. The lowest BCUT2D eigenvalue weighted by Crippen LogP contribution is -2.31. The first-order valence-corrected chi connectivity index (χ1v) is 9.78. The Kier molecular flexibility index (Phi) is 6.08. The van der Waals surface area contributed by atoms with Crippen LogP contribution in [0.25, 0.3) is 0 Å². The minimum absolute atomic E-state index is 0.217. The van der Waals surface area contributed by atoms with Gasteiger partial charge in [-0.15, -0.1) is 0 Å². The lowest BCUT2D eigenvalue weighted by molar-refractivity contribution is 0.554. The van der Waals surface area contributed by atoms with E-state index in [1.54, 1.807) is 20.8 Å². The van der Waals surface area contributed by atoms with Gasteiger partial charge in [0.2, 0.25) is 0 Å². The van der Waals surface area contributed by atoms with Gasteiger partial charge in [-0.1, -0.05) is 44.0 Å². The molecule has 0 aliphatic heterocycles. The van der Waals surface area contributed by atoms with Crippen molar-refractivity contribution in [2.75, 3.05) is 11.1 Å². The van der Waals surface area contributed by atoms with Crippen molar-refractivity contribution in [1.29, 1.82) is 0 Å². The molecule has 19 heavy (non-hydrogen) atoms. The van der Waals surface area contributed by atoms with Crippen LogP contribution in [0.4, 0.5) is 0 Å². The maximum Gasteiger partial charge on any atom is 0.155 e. The fourth-order valence-electron chi connectivity index (χ4n) is 1.70. The predicted molar refractivity (Wildman–Crippen MR) is 88.8 cm³/mol. The van der Waals surface area contributed by atoms with Crippen LogP contribution in [0.1, 0.15) is 38.7 Å². The van der Waals surface area contributed by atoms with E-state index >= 15 is 0 Å². The number of rotatable bonds is 5. The van der Waals surface area contributed by atoms with Gasteiger partial charge in [0.15, 0.2) is 9.84 Å². The average Bonchev–Trinajstić information content (AvgIpc) is 2.28. The molecule has 0 heterocycles. The zero-order valence-corrected chi connectivity index (χ0v) is 15.5. The van der Waals surface area contributed by atoms with Crippen LogP contribution in [0.3, 0.4) is 0 Å². The van der Waals surface area contributed by atoms with Crippen LogP contribution in [0.15, 0.2) is 28.7 Å². The number of halogens is 2. The Labute approximate surface area is 133 Å². The van der Waals surface area contributed by atoms with Gasteiger partial charge in [-0.2, -0.15) is 0 Å². The largest absolute Gasteiger partial charge is 0.228 e. The van der Waals surface area contributed by atoms with Crippen molar-refractivity contribution in [2.45, 2.75) is 37.9 Å². The maximum absolute atomic E-state index is 12.1. The molecule has 0 spiro atoms. The third-order valence-electron chi connectivity index (χ3n) is 3.17. The van der Waals surface area contributed by atoms with Gasteiger partial charge in [-0.3, -0.25) is 0 Å². The summed E-state index contributed by atoms with van der Waals surface area (Å²) in [4.78, 5) is 0. The summed E-state index contributed by atoms with van der Waals surface area (Å²) in [6, 6.07) is 8.05. The third kappa shape index (κ3) is 4.87. The molecule has 1 aromatic rings. The average molecular weight is 412 g/mol. The molecule has 108 valence electrons. The Morgan fingerprint density at radius 1 is 1.26 bits per heavy atom. The smallest absolute Gasteiger partial charge is 0.155 e. The van der Waals surface area contributed by atoms with Gasteiger partial charge in [-0.05, 0) is 50.8 Å². The van der Waals surface area contributed by atoms with E-state index in [1.165, 1.54) is 0 Å². The van der Waals surface area contributed by atoms with Gasteiger partial charge in [0, 0.05) is 9.80 Å². The van der Waals surface area contributed by atoms with Gasteiger partial charge in [0.25, 0.3) is 0 Å². The number of hydrogen-bond acceptors (Lipinski definition) is 2. The molecule has 0 aromatic heterocycles. The minimum atomic E-state index is -3.05. The molecule has 0 aliphatic rings. The summed E-state index contributed by atoms with van der Waals surface area (Å²) in [5.74, 6) is 0.439. The molecule has 0 fully saturated rings. The lowest BCUT2D eigenvalue weighted by Gasteiger charge is -2.21. The Hall–Kier alpha value is 0.130. The van der Waals surface area contributed by atoms with E-state index in [1.807, 2.05) is 18.2 Å². The number of benzene rings is 1. The van der Waals surface area contributed by atoms with Crippen molar-refractivity contribution in [2.24, 2.45) is 0 Å². The Balaban J connectivity index is 2.80. The first-order valence-electron chi connectivity index (χ1n) is 6.21. The molecule has 1 atom stereocenters. The highest BCUT2D eigenvalue weighted by Gasteiger charge is 2.29. The van der Waals surface area contributed by atoms with E-state index in [0.29, 0.717) is 6.42 Å². The molecule has 0 N–H and O–H groups in total. The lowest BCUT2D eigenvalue weighted by atomic mass is 9.99. The highest BCUT2D eigenvalue weighted by atomic mass is 79.9. The second-order valence-corrected chi connectivity index (χ2v) is 10.1. The Bertz CT molecular complexity index is 518. The van der Waals surface area contributed by atoms with Crippen LogP contribution in [-0.4, -0.2) is 24.2 Å². The number of alkyl halides is 1. The molecule has 1 rings (SSSR count). The second kappa shape index (κ2) is 6.72. The maximum atomic E-state index is 12.1. The normalized spacial score (nSPS) is 14.4. The van der Waals surface area contributed by atoms with Crippen LogP contribution in [0.2, 0.25) is 0 Å². The quantitative estimate of drug-likeness (QED) is 0.667. The Morgan fingerprint density at radius 3 is 2.37 bits per heavy atom. The van der Waals surface area contributed by atoms with Crippen LogP contribution < -0.4 is 0 Å². The van der Waals surface area contributed by atoms with Crippen molar-refractivity contribution in [1.82, 2.24) is 0 Å². The molecule has 0 saturated carbocycles. The fourth-order valence-corrected chi connectivity index (χ4v) is 4.02. The molecule has 0 saturated heterocycles. The van der Waals surface area contributed by atoms with Crippen LogP contribution in [0, 0.1) is 0 Å². The second-order valence-electron chi connectivity index (χ2n) is 5.63. The minimum Gasteiger partial charge on any atom is -0.228 e. The molecule has 1 aromatic carbocycles. The molecule has 0 radical (unpaired) electrons. The number of hydrogen-bond donors (Lipinski definition) is 0. The highest BCUT2D eigenvalue weighted by molar-refractivity contribution is 9.10. The van der Waals surface area contributed by atoms with Gasteiger partial charge in [0.05, 0.1) is 10.5 Å². The standard InChI is InChI=1S/C14H20Br2O2S/c1-14(2,3)19(17,18)8-7-12(10-15)11-5-4-6-13(16)9-11/h4-6,9,12H,7-8,10H2,1-3H3. The fraction of sp³-hybridized carbons (Fsp3) is 0.571. The van der Waals surface area contributed by atoms with Crippen LogP contribution in [-0.2, 0) is 9.84 Å². The third-order valence-corrected chi connectivity index (χ3v) is 7.09. The van der Waals surface area contributed by atoms with Crippen molar-refractivity contribution >= 4 is 41.7 Å². The van der Waals surface area contributed by atoms with E-state index in [4.69, 9.17) is 0 Å². The molecule has 5 heteroatoms. The summed E-state index contributed by atoms with van der Waals surface area (Å²) in [5, 5.41) is 0.767. The first kappa shape index (κ1) is 17.2.